The van der Waals surface area contributed by atoms with E-state index in [9.17, 15) is 0 Å². The van der Waals surface area contributed by atoms with Gasteiger partial charge < -0.3 is 19.6 Å². The van der Waals surface area contributed by atoms with E-state index in [1.807, 2.05) is 0 Å². The number of piperazine rings is 1. The molecule has 0 spiro atoms. The van der Waals surface area contributed by atoms with Gasteiger partial charge in [0.1, 0.15) is 0 Å². The Morgan fingerprint density at radius 1 is 0.750 bits per heavy atom. The largest absolute Gasteiger partial charge is 0.309 e. The van der Waals surface area contributed by atoms with Crippen molar-refractivity contribution in [2.75, 3.05) is 79.5 Å². The lowest BCUT2D eigenvalue weighted by Gasteiger charge is -2.35. The summed E-state index contributed by atoms with van der Waals surface area (Å²) in [4.78, 5) is 10.1. The molecule has 0 aromatic heterocycles. The Morgan fingerprint density at radius 3 is 1.60 bits per heavy atom. The van der Waals surface area contributed by atoms with Crippen LogP contribution >= 0.6 is 0 Å². The van der Waals surface area contributed by atoms with Gasteiger partial charge in [-0.05, 0) is 66.2 Å². The van der Waals surface area contributed by atoms with Crippen molar-refractivity contribution in [2.45, 2.75) is 26.7 Å². The topological polar surface area (TPSA) is 13.0 Å². The van der Waals surface area contributed by atoms with Crippen LogP contribution in [0.25, 0.3) is 0 Å². The summed E-state index contributed by atoms with van der Waals surface area (Å²) in [6, 6.07) is 0. The predicted octanol–water partition coefficient (Wildman–Crippen LogP) is 1.29. The lowest BCUT2D eigenvalue weighted by Crippen LogP contribution is -2.47. The highest BCUT2D eigenvalue weighted by Gasteiger charge is 2.16. The molecule has 0 radical (unpaired) electrons. The molecule has 1 heterocycles. The van der Waals surface area contributed by atoms with Crippen molar-refractivity contribution >= 4 is 0 Å². The van der Waals surface area contributed by atoms with Crippen LogP contribution in [-0.2, 0) is 0 Å². The molecule has 0 saturated carbocycles. The molecular weight excluding hydrogens is 248 g/mol. The number of hydrogen-bond acceptors (Lipinski definition) is 4. The SMILES string of the molecule is CCN(CC)CCCN1CCN(CCCN(C)C)CC1. The fourth-order valence-electron chi connectivity index (χ4n) is 2.90. The second-order valence-electron chi connectivity index (χ2n) is 6.22. The maximum absolute atomic E-state index is 2.64. The molecule has 0 aliphatic carbocycles. The van der Waals surface area contributed by atoms with Gasteiger partial charge >= 0.3 is 0 Å². The van der Waals surface area contributed by atoms with Gasteiger partial charge in [0.25, 0.3) is 0 Å². The summed E-state index contributed by atoms with van der Waals surface area (Å²) in [6.45, 7) is 17.0. The van der Waals surface area contributed by atoms with Crippen LogP contribution in [0.5, 0.6) is 0 Å². The third kappa shape index (κ3) is 7.58. The maximum Gasteiger partial charge on any atom is 0.0110 e. The van der Waals surface area contributed by atoms with E-state index < -0.39 is 0 Å². The van der Waals surface area contributed by atoms with E-state index >= 15 is 0 Å². The van der Waals surface area contributed by atoms with Gasteiger partial charge in [-0.3, -0.25) is 0 Å². The van der Waals surface area contributed by atoms with E-state index in [-0.39, 0.29) is 0 Å². The summed E-state index contributed by atoms with van der Waals surface area (Å²) in [7, 11) is 4.32. The van der Waals surface area contributed by atoms with Crippen LogP contribution < -0.4 is 0 Å². The highest BCUT2D eigenvalue weighted by atomic mass is 15.3. The molecule has 0 amide bonds. The minimum atomic E-state index is 1.19. The third-order valence-electron chi connectivity index (χ3n) is 4.39. The van der Waals surface area contributed by atoms with Gasteiger partial charge in [-0.15, -0.1) is 0 Å². The number of rotatable bonds is 10. The molecule has 0 atom stereocenters. The predicted molar refractivity (Wildman–Crippen MR) is 88.5 cm³/mol. The maximum atomic E-state index is 2.64. The minimum absolute atomic E-state index is 1.19. The van der Waals surface area contributed by atoms with Crippen LogP contribution in [0.4, 0.5) is 0 Å². The normalized spacial score (nSPS) is 18.3. The molecule has 20 heavy (non-hydrogen) atoms. The average molecular weight is 284 g/mol. The van der Waals surface area contributed by atoms with E-state index in [4.69, 9.17) is 0 Å². The summed E-state index contributed by atoms with van der Waals surface area (Å²) in [5.74, 6) is 0. The van der Waals surface area contributed by atoms with Gasteiger partial charge in [0.05, 0.1) is 0 Å². The third-order valence-corrected chi connectivity index (χ3v) is 4.39. The summed E-state index contributed by atoms with van der Waals surface area (Å²) < 4.78 is 0. The summed E-state index contributed by atoms with van der Waals surface area (Å²) in [5.41, 5.74) is 0. The molecule has 4 nitrogen and oxygen atoms in total. The highest BCUT2D eigenvalue weighted by molar-refractivity contribution is 4.72. The Hall–Kier alpha value is -0.160. The van der Waals surface area contributed by atoms with Gasteiger partial charge in [-0.2, -0.15) is 0 Å². The van der Waals surface area contributed by atoms with E-state index in [1.54, 1.807) is 0 Å². The quantitative estimate of drug-likeness (QED) is 0.599. The van der Waals surface area contributed by atoms with Crippen molar-refractivity contribution in [1.29, 1.82) is 0 Å². The summed E-state index contributed by atoms with van der Waals surface area (Å²) in [6.07, 6.45) is 2.62. The molecule has 0 aromatic carbocycles. The van der Waals surface area contributed by atoms with Crippen molar-refractivity contribution in [2.24, 2.45) is 0 Å². The molecule has 1 aliphatic heterocycles. The van der Waals surface area contributed by atoms with Crippen molar-refractivity contribution in [3.8, 4) is 0 Å². The molecule has 0 bridgehead atoms. The lowest BCUT2D eigenvalue weighted by molar-refractivity contribution is 0.124. The second-order valence-corrected chi connectivity index (χ2v) is 6.22. The van der Waals surface area contributed by atoms with Crippen molar-refractivity contribution in [3.63, 3.8) is 0 Å². The first-order valence-electron chi connectivity index (χ1n) is 8.47. The standard InChI is InChI=1S/C16H36N4/c1-5-18(6-2)10-8-12-20-15-13-19(14-16-20)11-7-9-17(3)4/h5-16H2,1-4H3. The zero-order valence-electron chi connectivity index (χ0n) is 14.3. The van der Waals surface area contributed by atoms with E-state index in [0.29, 0.717) is 0 Å². The monoisotopic (exact) mass is 284 g/mol. The van der Waals surface area contributed by atoms with E-state index in [1.165, 1.54) is 78.3 Å². The molecule has 1 aliphatic rings. The van der Waals surface area contributed by atoms with Gasteiger partial charge in [0.2, 0.25) is 0 Å². The fraction of sp³-hybridized carbons (Fsp3) is 1.00. The Kier molecular flexibility index (Phi) is 9.44. The molecule has 120 valence electrons. The summed E-state index contributed by atoms with van der Waals surface area (Å²) in [5, 5.41) is 0. The van der Waals surface area contributed by atoms with Crippen molar-refractivity contribution in [1.82, 2.24) is 19.6 Å². The molecular formula is C16H36N4. The lowest BCUT2D eigenvalue weighted by atomic mass is 10.2. The molecule has 1 saturated heterocycles. The Labute approximate surface area is 126 Å². The van der Waals surface area contributed by atoms with Crippen LogP contribution in [0.1, 0.15) is 26.7 Å². The fourth-order valence-corrected chi connectivity index (χ4v) is 2.90. The summed E-state index contributed by atoms with van der Waals surface area (Å²) >= 11 is 0. The van der Waals surface area contributed by atoms with Crippen molar-refractivity contribution < 1.29 is 0 Å². The second kappa shape index (κ2) is 10.6. The smallest absolute Gasteiger partial charge is 0.0110 e. The average Bonchev–Trinajstić information content (AvgIpc) is 2.45. The van der Waals surface area contributed by atoms with Crippen LogP contribution in [-0.4, -0.2) is 99.1 Å². The molecule has 1 fully saturated rings. The van der Waals surface area contributed by atoms with E-state index in [0.717, 1.165) is 0 Å². The number of nitrogens with zero attached hydrogens (tertiary/aromatic N) is 4. The first-order chi connectivity index (χ1) is 9.65. The van der Waals surface area contributed by atoms with Gasteiger partial charge in [-0.1, -0.05) is 13.8 Å². The first-order valence-corrected chi connectivity index (χ1v) is 8.47. The van der Waals surface area contributed by atoms with Gasteiger partial charge in [-0.25, -0.2) is 0 Å². The Bertz CT molecular complexity index is 221. The highest BCUT2D eigenvalue weighted by Crippen LogP contribution is 2.04. The van der Waals surface area contributed by atoms with Crippen LogP contribution in [0.3, 0.4) is 0 Å². The van der Waals surface area contributed by atoms with Crippen LogP contribution in [0, 0.1) is 0 Å². The minimum Gasteiger partial charge on any atom is -0.309 e. The van der Waals surface area contributed by atoms with Gasteiger partial charge in [0, 0.05) is 26.2 Å². The molecule has 0 unspecified atom stereocenters. The molecule has 1 rings (SSSR count). The van der Waals surface area contributed by atoms with Crippen molar-refractivity contribution in [3.05, 3.63) is 0 Å². The first kappa shape index (κ1) is 17.9. The molecule has 0 aromatic rings. The van der Waals surface area contributed by atoms with Gasteiger partial charge in [0.15, 0.2) is 0 Å². The molecule has 4 heteroatoms. The zero-order valence-corrected chi connectivity index (χ0v) is 14.3. The zero-order chi connectivity index (χ0) is 14.8. The van der Waals surface area contributed by atoms with E-state index in [2.05, 4.69) is 47.5 Å². The van der Waals surface area contributed by atoms with Crippen LogP contribution in [0.2, 0.25) is 0 Å². The Morgan fingerprint density at radius 2 is 1.20 bits per heavy atom. The molecule has 0 N–H and O–H groups in total. The van der Waals surface area contributed by atoms with Crippen LogP contribution in [0.15, 0.2) is 0 Å². The Balaban J connectivity index is 2.04. The number of hydrogen-bond donors (Lipinski definition) is 0.